The number of hydrogen-bond donors (Lipinski definition) is 3. The Kier molecular flexibility index (Phi) is 4.47. The van der Waals surface area contributed by atoms with Crippen molar-refractivity contribution in [1.82, 2.24) is 4.98 Å². The summed E-state index contributed by atoms with van der Waals surface area (Å²) >= 11 is 6.92. The van der Waals surface area contributed by atoms with Gasteiger partial charge in [-0.05, 0) is 18.2 Å². The van der Waals surface area contributed by atoms with E-state index < -0.39 is 21.0 Å². The van der Waals surface area contributed by atoms with E-state index in [4.69, 9.17) is 21.3 Å². The van der Waals surface area contributed by atoms with E-state index in [1.165, 1.54) is 17.4 Å². The number of aromatic nitrogens is 1. The van der Waals surface area contributed by atoms with Gasteiger partial charge < -0.3 is 10.4 Å². The Morgan fingerprint density at radius 3 is 2.67 bits per heavy atom. The monoisotopic (exact) mass is 348 g/mol. The first kappa shape index (κ1) is 15.7. The smallest absolute Gasteiger partial charge is 0.337 e. The summed E-state index contributed by atoms with van der Waals surface area (Å²) in [7, 11) is -4.46. The second-order valence-corrected chi connectivity index (χ2v) is 7.04. The molecule has 0 fully saturated rings. The predicted molar refractivity (Wildman–Crippen MR) is 77.7 cm³/mol. The summed E-state index contributed by atoms with van der Waals surface area (Å²) in [5.41, 5.74) is -0.0415. The first-order valence-corrected chi connectivity index (χ1v) is 8.10. The number of anilines is 1. The minimum Gasteiger partial charge on any atom is -0.478 e. The molecule has 1 heterocycles. The second kappa shape index (κ2) is 5.98. The Labute approximate surface area is 129 Å². The van der Waals surface area contributed by atoms with Crippen molar-refractivity contribution in [3.8, 4) is 0 Å². The van der Waals surface area contributed by atoms with E-state index in [2.05, 4.69) is 10.3 Å². The summed E-state index contributed by atoms with van der Waals surface area (Å²) in [6.45, 7) is 0.288. The highest BCUT2D eigenvalue weighted by molar-refractivity contribution is 7.85. The van der Waals surface area contributed by atoms with Crippen LogP contribution in [0.5, 0.6) is 0 Å². The largest absolute Gasteiger partial charge is 0.478 e. The van der Waals surface area contributed by atoms with Crippen LogP contribution in [0.15, 0.2) is 29.3 Å². The van der Waals surface area contributed by atoms with Crippen molar-refractivity contribution in [3.63, 3.8) is 0 Å². The van der Waals surface area contributed by atoms with Crippen LogP contribution in [0.2, 0.25) is 4.47 Å². The lowest BCUT2D eigenvalue weighted by Gasteiger charge is -2.09. The Morgan fingerprint density at radius 2 is 2.14 bits per heavy atom. The van der Waals surface area contributed by atoms with Gasteiger partial charge in [0, 0.05) is 16.8 Å². The fourth-order valence-corrected chi connectivity index (χ4v) is 2.99. The Balaban J connectivity index is 2.28. The molecule has 0 bridgehead atoms. The fourth-order valence-electron chi connectivity index (χ4n) is 1.56. The zero-order valence-corrected chi connectivity index (χ0v) is 12.7. The van der Waals surface area contributed by atoms with Gasteiger partial charge in [-0.15, -0.1) is 11.3 Å². The molecule has 2 rings (SSSR count). The van der Waals surface area contributed by atoms with Gasteiger partial charge in [-0.1, -0.05) is 11.6 Å². The molecule has 0 unspecified atom stereocenters. The number of carbonyl (C=O) groups is 1. The van der Waals surface area contributed by atoms with Crippen LogP contribution >= 0.6 is 22.9 Å². The Bertz CT molecular complexity index is 788. The molecule has 0 saturated carbocycles. The molecule has 0 aliphatic heterocycles. The first-order valence-electron chi connectivity index (χ1n) is 5.46. The van der Waals surface area contributed by atoms with Crippen molar-refractivity contribution < 1.29 is 22.9 Å². The summed E-state index contributed by atoms with van der Waals surface area (Å²) in [6.07, 6.45) is 1.55. The Morgan fingerprint density at radius 1 is 1.43 bits per heavy atom. The highest BCUT2D eigenvalue weighted by Crippen LogP contribution is 2.23. The molecule has 1 aromatic heterocycles. The summed E-state index contributed by atoms with van der Waals surface area (Å²) < 4.78 is 31.3. The third-order valence-corrected chi connectivity index (χ3v) is 4.46. The molecule has 3 N–H and O–H groups in total. The van der Waals surface area contributed by atoms with E-state index in [-0.39, 0.29) is 17.8 Å². The zero-order chi connectivity index (χ0) is 15.6. The van der Waals surface area contributed by atoms with Crippen molar-refractivity contribution in [2.45, 2.75) is 11.4 Å². The van der Waals surface area contributed by atoms with Gasteiger partial charge in [0.25, 0.3) is 10.1 Å². The average molecular weight is 349 g/mol. The number of rotatable bonds is 5. The minimum absolute atomic E-state index is 0.222. The van der Waals surface area contributed by atoms with Crippen LogP contribution < -0.4 is 5.32 Å². The van der Waals surface area contributed by atoms with Gasteiger partial charge in [0.2, 0.25) is 0 Å². The molecule has 112 valence electrons. The van der Waals surface area contributed by atoms with Crippen LogP contribution in [0.3, 0.4) is 0 Å². The predicted octanol–water partition coefficient (Wildman–Crippen LogP) is 2.35. The summed E-state index contributed by atoms with van der Waals surface area (Å²) in [5, 5.41) is 12.0. The number of nitrogens with zero attached hydrogens (tertiary/aromatic N) is 1. The topological polar surface area (TPSA) is 117 Å². The van der Waals surface area contributed by atoms with Gasteiger partial charge in [0.15, 0.2) is 4.47 Å². The molecule has 0 saturated heterocycles. The molecular weight excluding hydrogens is 340 g/mol. The van der Waals surface area contributed by atoms with E-state index in [0.29, 0.717) is 4.47 Å². The second-order valence-electron chi connectivity index (χ2n) is 3.92. The van der Waals surface area contributed by atoms with Crippen LogP contribution in [0, 0.1) is 0 Å². The van der Waals surface area contributed by atoms with E-state index in [9.17, 15) is 13.2 Å². The van der Waals surface area contributed by atoms with E-state index >= 15 is 0 Å². The summed E-state index contributed by atoms with van der Waals surface area (Å²) in [5.74, 6) is -1.31. The number of aromatic carboxylic acids is 1. The zero-order valence-electron chi connectivity index (χ0n) is 10.3. The van der Waals surface area contributed by atoms with E-state index in [1.54, 1.807) is 6.20 Å². The van der Waals surface area contributed by atoms with Crippen LogP contribution in [0.25, 0.3) is 0 Å². The van der Waals surface area contributed by atoms with Gasteiger partial charge >= 0.3 is 5.97 Å². The number of hydrogen-bond acceptors (Lipinski definition) is 6. The summed E-state index contributed by atoms with van der Waals surface area (Å²) in [4.78, 5) is 15.3. The molecule has 0 aliphatic carbocycles. The standard InChI is InChI=1S/C11H9ClN2O5S2/c12-11-14-5-6(20-11)4-13-9-2-1-7(21(17,18)19)3-8(9)10(15)16/h1-3,5,13H,4H2,(H,15,16)(H,17,18,19). The number of carboxylic acids is 1. The Hall–Kier alpha value is -1.68. The quantitative estimate of drug-likeness (QED) is 0.710. The van der Waals surface area contributed by atoms with Crippen molar-refractivity contribution in [2.24, 2.45) is 0 Å². The molecular formula is C11H9ClN2O5S2. The number of thiazole rings is 1. The molecule has 10 heteroatoms. The maximum absolute atomic E-state index is 11.2. The maximum Gasteiger partial charge on any atom is 0.337 e. The molecule has 2 aromatic rings. The number of halogens is 1. The molecule has 1 aromatic carbocycles. The van der Waals surface area contributed by atoms with Crippen LogP contribution in [0.4, 0.5) is 5.69 Å². The lowest BCUT2D eigenvalue weighted by Crippen LogP contribution is -2.08. The fraction of sp³-hybridized carbons (Fsp3) is 0.0909. The van der Waals surface area contributed by atoms with Crippen LogP contribution in [0.1, 0.15) is 15.2 Å². The third kappa shape index (κ3) is 3.91. The van der Waals surface area contributed by atoms with Gasteiger partial charge in [-0.25, -0.2) is 9.78 Å². The number of benzene rings is 1. The molecule has 0 aliphatic rings. The molecule has 7 nitrogen and oxygen atoms in total. The van der Waals surface area contributed by atoms with Gasteiger partial charge in [0.1, 0.15) is 0 Å². The highest BCUT2D eigenvalue weighted by Gasteiger charge is 2.16. The van der Waals surface area contributed by atoms with Crippen molar-refractivity contribution in [2.75, 3.05) is 5.32 Å². The van der Waals surface area contributed by atoms with Crippen LogP contribution in [-0.4, -0.2) is 29.0 Å². The molecule has 0 spiro atoms. The molecule has 0 amide bonds. The van der Waals surface area contributed by atoms with Crippen LogP contribution in [-0.2, 0) is 16.7 Å². The molecule has 21 heavy (non-hydrogen) atoms. The van der Waals surface area contributed by atoms with E-state index in [1.807, 2.05) is 0 Å². The number of nitrogens with one attached hydrogen (secondary N) is 1. The van der Waals surface area contributed by atoms with Crippen molar-refractivity contribution in [1.29, 1.82) is 0 Å². The van der Waals surface area contributed by atoms with Gasteiger partial charge in [-0.3, -0.25) is 4.55 Å². The van der Waals surface area contributed by atoms with Crippen molar-refractivity contribution in [3.05, 3.63) is 39.3 Å². The van der Waals surface area contributed by atoms with Crippen molar-refractivity contribution >= 4 is 44.7 Å². The van der Waals surface area contributed by atoms with Gasteiger partial charge in [0.05, 0.1) is 17.0 Å². The normalized spacial score (nSPS) is 11.3. The lowest BCUT2D eigenvalue weighted by atomic mass is 10.2. The first-order chi connectivity index (χ1) is 9.77. The SMILES string of the molecule is O=C(O)c1cc(S(=O)(=O)O)ccc1NCc1cnc(Cl)s1. The lowest BCUT2D eigenvalue weighted by molar-refractivity contribution is 0.0697. The number of carboxylic acid groups (broad SMARTS) is 1. The van der Waals surface area contributed by atoms with E-state index in [0.717, 1.165) is 17.0 Å². The average Bonchev–Trinajstić information content (AvgIpc) is 2.80. The summed E-state index contributed by atoms with van der Waals surface area (Å²) in [6, 6.07) is 3.28. The third-order valence-electron chi connectivity index (χ3n) is 2.50. The minimum atomic E-state index is -4.46. The maximum atomic E-state index is 11.2. The molecule has 0 radical (unpaired) electrons. The van der Waals surface area contributed by atoms with Gasteiger partial charge in [-0.2, -0.15) is 8.42 Å². The highest BCUT2D eigenvalue weighted by atomic mass is 35.5. The molecule has 0 atom stereocenters.